The molecule has 5 rings (SSSR count). The third-order valence-electron chi connectivity index (χ3n) is 6.50. The number of fused-ring (bicyclic) bond motifs is 3. The first-order valence-electron chi connectivity index (χ1n) is 12.0. The van der Waals surface area contributed by atoms with E-state index in [1.54, 1.807) is 0 Å². The second kappa shape index (κ2) is 9.86. The van der Waals surface area contributed by atoms with E-state index in [0.29, 0.717) is 17.5 Å². The van der Waals surface area contributed by atoms with Crippen LogP contribution in [0.2, 0.25) is 5.02 Å². The first kappa shape index (κ1) is 23.0. The Hall–Kier alpha value is -2.74. The maximum Gasteiger partial charge on any atom is 0.183 e. The number of ether oxygens (including phenoxy) is 1. The van der Waals surface area contributed by atoms with Crippen LogP contribution in [0.3, 0.4) is 0 Å². The third-order valence-corrected chi connectivity index (χ3v) is 6.83. The SMILES string of the molecule is CCCCOc1ccc(Cl)c(-c2nnc3c(C)nc4ccc(CN5CCN(C)CC5)cc4n23)c1. The van der Waals surface area contributed by atoms with Crippen LogP contribution in [0.4, 0.5) is 0 Å². The average Bonchev–Trinajstić information content (AvgIpc) is 3.28. The minimum absolute atomic E-state index is 0.619. The molecule has 0 N–H and O–H groups in total. The van der Waals surface area contributed by atoms with Crippen molar-refractivity contribution in [3.05, 3.63) is 52.7 Å². The number of halogens is 1. The molecule has 0 unspecified atom stereocenters. The normalized spacial score (nSPS) is 15.4. The van der Waals surface area contributed by atoms with Crippen LogP contribution in [-0.2, 0) is 6.54 Å². The van der Waals surface area contributed by atoms with Gasteiger partial charge in [-0.3, -0.25) is 9.30 Å². The fourth-order valence-electron chi connectivity index (χ4n) is 4.46. The molecule has 1 fully saturated rings. The summed E-state index contributed by atoms with van der Waals surface area (Å²) in [6, 6.07) is 12.2. The number of rotatable bonds is 7. The second-order valence-electron chi connectivity index (χ2n) is 9.13. The third kappa shape index (κ3) is 4.60. The highest BCUT2D eigenvalue weighted by molar-refractivity contribution is 6.33. The van der Waals surface area contributed by atoms with Gasteiger partial charge >= 0.3 is 0 Å². The second-order valence-corrected chi connectivity index (χ2v) is 9.53. The Labute approximate surface area is 205 Å². The summed E-state index contributed by atoms with van der Waals surface area (Å²) in [5, 5.41) is 9.64. The van der Waals surface area contributed by atoms with E-state index in [2.05, 4.69) is 56.6 Å². The Morgan fingerprint density at radius 3 is 2.65 bits per heavy atom. The number of aromatic nitrogens is 4. The van der Waals surface area contributed by atoms with Gasteiger partial charge in [-0.05, 0) is 56.3 Å². The van der Waals surface area contributed by atoms with Gasteiger partial charge in [-0.2, -0.15) is 0 Å². The number of hydrogen-bond acceptors (Lipinski definition) is 6. The number of nitrogens with zero attached hydrogens (tertiary/aromatic N) is 6. The van der Waals surface area contributed by atoms with Crippen LogP contribution < -0.4 is 4.74 Å². The monoisotopic (exact) mass is 478 g/mol. The zero-order valence-electron chi connectivity index (χ0n) is 20.1. The lowest BCUT2D eigenvalue weighted by Crippen LogP contribution is -2.43. The number of aryl methyl sites for hydroxylation is 1. The summed E-state index contributed by atoms with van der Waals surface area (Å²) in [4.78, 5) is 9.67. The van der Waals surface area contributed by atoms with E-state index in [1.165, 1.54) is 5.56 Å². The van der Waals surface area contributed by atoms with Gasteiger partial charge in [-0.25, -0.2) is 4.98 Å². The summed E-state index contributed by atoms with van der Waals surface area (Å²) in [6.45, 7) is 10.1. The highest BCUT2D eigenvalue weighted by Crippen LogP contribution is 2.33. The molecule has 0 bridgehead atoms. The van der Waals surface area contributed by atoms with E-state index in [-0.39, 0.29) is 0 Å². The zero-order chi connectivity index (χ0) is 23.7. The van der Waals surface area contributed by atoms with Crippen LogP contribution in [0, 0.1) is 6.92 Å². The predicted octanol–water partition coefficient (Wildman–Crippen LogP) is 4.83. The molecule has 0 saturated carbocycles. The van der Waals surface area contributed by atoms with Crippen LogP contribution in [-0.4, -0.2) is 69.2 Å². The van der Waals surface area contributed by atoms with Gasteiger partial charge in [0.2, 0.25) is 0 Å². The molecule has 1 aliphatic heterocycles. The summed E-state index contributed by atoms with van der Waals surface area (Å²) in [6.07, 6.45) is 2.10. The molecule has 3 heterocycles. The van der Waals surface area contributed by atoms with Crippen molar-refractivity contribution in [3.63, 3.8) is 0 Å². The highest BCUT2D eigenvalue weighted by atomic mass is 35.5. The van der Waals surface area contributed by atoms with Crippen LogP contribution in [0.15, 0.2) is 36.4 Å². The Kier molecular flexibility index (Phi) is 6.68. The number of likely N-dealkylation sites (N-methyl/N-ethyl adjacent to an activating group) is 1. The van der Waals surface area contributed by atoms with Gasteiger partial charge in [0.25, 0.3) is 0 Å². The molecule has 7 nitrogen and oxygen atoms in total. The molecule has 0 atom stereocenters. The molecule has 0 radical (unpaired) electrons. The van der Waals surface area contributed by atoms with Gasteiger partial charge in [0.15, 0.2) is 11.5 Å². The maximum atomic E-state index is 6.65. The van der Waals surface area contributed by atoms with E-state index in [4.69, 9.17) is 21.3 Å². The Morgan fingerprint density at radius 1 is 1.03 bits per heavy atom. The van der Waals surface area contributed by atoms with Crippen molar-refractivity contribution < 1.29 is 4.74 Å². The van der Waals surface area contributed by atoms with Crippen LogP contribution in [0.5, 0.6) is 5.75 Å². The molecular weight excluding hydrogens is 448 g/mol. The minimum atomic E-state index is 0.619. The molecule has 0 aliphatic carbocycles. The van der Waals surface area contributed by atoms with Gasteiger partial charge in [0.1, 0.15) is 5.75 Å². The number of unbranched alkanes of at least 4 members (excludes halogenated alkanes) is 1. The van der Waals surface area contributed by atoms with Crippen LogP contribution in [0.25, 0.3) is 28.1 Å². The number of piperazine rings is 1. The number of benzene rings is 2. The predicted molar refractivity (Wildman–Crippen MR) is 137 cm³/mol. The summed E-state index contributed by atoms with van der Waals surface area (Å²) < 4.78 is 8.02. The molecular formula is C26H31ClN6O. The van der Waals surface area contributed by atoms with E-state index >= 15 is 0 Å². The van der Waals surface area contributed by atoms with Gasteiger partial charge in [0.05, 0.1) is 28.4 Å². The van der Waals surface area contributed by atoms with Gasteiger partial charge in [-0.1, -0.05) is 31.0 Å². The molecule has 178 valence electrons. The first-order valence-corrected chi connectivity index (χ1v) is 12.4. The van der Waals surface area contributed by atoms with Crippen molar-refractivity contribution in [2.24, 2.45) is 0 Å². The summed E-state index contributed by atoms with van der Waals surface area (Å²) in [5.74, 6) is 1.49. The molecule has 2 aromatic heterocycles. The maximum absolute atomic E-state index is 6.65. The minimum Gasteiger partial charge on any atom is -0.494 e. The smallest absolute Gasteiger partial charge is 0.183 e. The number of hydrogen-bond donors (Lipinski definition) is 0. The van der Waals surface area contributed by atoms with Crippen LogP contribution >= 0.6 is 11.6 Å². The molecule has 0 amide bonds. The van der Waals surface area contributed by atoms with Crippen molar-refractivity contribution in [1.29, 1.82) is 0 Å². The zero-order valence-corrected chi connectivity index (χ0v) is 20.8. The molecule has 8 heteroatoms. The first-order chi connectivity index (χ1) is 16.5. The molecule has 4 aromatic rings. The van der Waals surface area contributed by atoms with Crippen LogP contribution in [0.1, 0.15) is 31.0 Å². The van der Waals surface area contributed by atoms with E-state index in [9.17, 15) is 0 Å². The van der Waals surface area contributed by atoms with E-state index in [0.717, 1.165) is 79.3 Å². The van der Waals surface area contributed by atoms with Gasteiger partial charge in [-0.15, -0.1) is 10.2 Å². The fraction of sp³-hybridized carbons (Fsp3) is 0.423. The average molecular weight is 479 g/mol. The molecule has 1 aliphatic rings. The topological polar surface area (TPSA) is 58.8 Å². The molecule has 0 spiro atoms. The summed E-state index contributed by atoms with van der Waals surface area (Å²) >= 11 is 6.65. The van der Waals surface area contributed by atoms with Crippen molar-refractivity contribution in [3.8, 4) is 17.1 Å². The van der Waals surface area contributed by atoms with Gasteiger partial charge < -0.3 is 9.64 Å². The van der Waals surface area contributed by atoms with E-state index < -0.39 is 0 Å². The van der Waals surface area contributed by atoms with E-state index in [1.807, 2.05) is 25.1 Å². The highest BCUT2D eigenvalue weighted by Gasteiger charge is 2.19. The lowest BCUT2D eigenvalue weighted by atomic mass is 10.1. The molecule has 1 saturated heterocycles. The fourth-order valence-corrected chi connectivity index (χ4v) is 4.66. The van der Waals surface area contributed by atoms with Crippen molar-refractivity contribution >= 4 is 28.3 Å². The van der Waals surface area contributed by atoms with Crippen molar-refractivity contribution in [2.45, 2.75) is 33.2 Å². The largest absolute Gasteiger partial charge is 0.494 e. The van der Waals surface area contributed by atoms with Crippen molar-refractivity contribution in [2.75, 3.05) is 39.8 Å². The van der Waals surface area contributed by atoms with Gasteiger partial charge in [0, 0.05) is 38.3 Å². The Balaban J connectivity index is 1.57. The summed E-state index contributed by atoms with van der Waals surface area (Å²) in [7, 11) is 2.18. The standard InChI is InChI=1S/C26H31ClN6O/c1-4-5-14-34-20-7-8-22(27)21(16-20)26-30-29-25-18(2)28-23-9-6-19(15-24(23)33(25)26)17-32-12-10-31(3)11-13-32/h6-9,15-16H,4-5,10-14,17H2,1-3H3. The summed E-state index contributed by atoms with van der Waals surface area (Å²) in [5.41, 5.74) is 5.54. The molecule has 2 aromatic carbocycles. The Morgan fingerprint density at radius 2 is 1.85 bits per heavy atom. The van der Waals surface area contributed by atoms with Crippen molar-refractivity contribution in [1.82, 2.24) is 29.4 Å². The Bertz CT molecular complexity index is 1310. The quantitative estimate of drug-likeness (QED) is 0.354. The lowest BCUT2D eigenvalue weighted by Gasteiger charge is -2.32. The lowest BCUT2D eigenvalue weighted by molar-refractivity contribution is 0.148. The molecule has 34 heavy (non-hydrogen) atoms.